The van der Waals surface area contributed by atoms with E-state index in [9.17, 15) is 0 Å². The largest absolute Gasteiger partial charge is 0.424 e. The van der Waals surface area contributed by atoms with Crippen LogP contribution in [0.25, 0.3) is 10.9 Å². The predicted molar refractivity (Wildman–Crippen MR) is 123 cm³/mol. The Hall–Kier alpha value is -2.72. The molecule has 0 saturated heterocycles. The number of alkyl halides is 1. The van der Waals surface area contributed by atoms with Crippen molar-refractivity contribution in [2.75, 3.05) is 0 Å². The van der Waals surface area contributed by atoms with Gasteiger partial charge in [0, 0.05) is 10.8 Å². The van der Waals surface area contributed by atoms with Crippen LogP contribution in [0.1, 0.15) is 37.6 Å². The highest BCUT2D eigenvalue weighted by Crippen LogP contribution is 2.31. The zero-order valence-corrected chi connectivity index (χ0v) is 18.4. The number of benzene rings is 1. The lowest BCUT2D eigenvalue weighted by Crippen LogP contribution is -2.30. The maximum Gasteiger partial charge on any atom is 0.223 e. The summed E-state index contributed by atoms with van der Waals surface area (Å²) < 4.78 is 5.73. The number of nitrogens with zero attached hydrogens (tertiary/aromatic N) is 1. The summed E-state index contributed by atoms with van der Waals surface area (Å²) >= 11 is 6.03. The molecular formula is C24H28ClN3O. The van der Waals surface area contributed by atoms with Crippen molar-refractivity contribution in [2.24, 2.45) is 5.41 Å². The van der Waals surface area contributed by atoms with Gasteiger partial charge in [0.1, 0.15) is 0 Å². The Kier molecular flexibility index (Phi) is 7.15. The van der Waals surface area contributed by atoms with Gasteiger partial charge in [-0.15, -0.1) is 11.6 Å². The predicted octanol–water partition coefficient (Wildman–Crippen LogP) is 6.49. The summed E-state index contributed by atoms with van der Waals surface area (Å²) in [6, 6.07) is 7.82. The average Bonchev–Trinajstić information content (AvgIpc) is 2.64. The Bertz CT molecular complexity index is 1020. The summed E-state index contributed by atoms with van der Waals surface area (Å²) in [6.45, 7) is 13.2. The molecule has 152 valence electrons. The SMILES string of the molecule is C=C/C=C(\C=C/C(C)Cl)C(C)(C)C(=N)OC(=N)c1c(C)nc2ccccc2c1C. The Morgan fingerprint density at radius 1 is 1.24 bits per heavy atom. The lowest BCUT2D eigenvalue weighted by molar-refractivity contribution is 0.439. The van der Waals surface area contributed by atoms with Crippen molar-refractivity contribution in [1.29, 1.82) is 10.8 Å². The summed E-state index contributed by atoms with van der Waals surface area (Å²) in [5.41, 5.74) is 3.17. The molecular weight excluding hydrogens is 382 g/mol. The highest BCUT2D eigenvalue weighted by Gasteiger charge is 2.31. The van der Waals surface area contributed by atoms with Crippen LogP contribution < -0.4 is 0 Å². The third kappa shape index (κ3) is 5.01. The average molecular weight is 410 g/mol. The van der Waals surface area contributed by atoms with E-state index in [1.54, 1.807) is 6.08 Å². The highest BCUT2D eigenvalue weighted by atomic mass is 35.5. The molecule has 1 heterocycles. The first-order valence-electron chi connectivity index (χ1n) is 9.46. The minimum atomic E-state index is -0.769. The van der Waals surface area contributed by atoms with Crippen LogP contribution in [0.4, 0.5) is 0 Å². The van der Waals surface area contributed by atoms with E-state index in [0.29, 0.717) is 11.3 Å². The van der Waals surface area contributed by atoms with Crippen molar-refractivity contribution in [3.8, 4) is 0 Å². The molecule has 29 heavy (non-hydrogen) atoms. The van der Waals surface area contributed by atoms with Crippen molar-refractivity contribution >= 4 is 34.3 Å². The van der Waals surface area contributed by atoms with E-state index in [1.807, 2.05) is 77.1 Å². The number of aryl methyl sites for hydroxylation is 2. The quantitative estimate of drug-likeness (QED) is 0.247. The van der Waals surface area contributed by atoms with Crippen molar-refractivity contribution < 1.29 is 4.74 Å². The van der Waals surface area contributed by atoms with Crippen LogP contribution in [-0.2, 0) is 4.74 Å². The van der Waals surface area contributed by atoms with Gasteiger partial charge >= 0.3 is 0 Å². The van der Waals surface area contributed by atoms with E-state index < -0.39 is 5.41 Å². The number of aromatic nitrogens is 1. The van der Waals surface area contributed by atoms with Gasteiger partial charge in [-0.3, -0.25) is 15.8 Å². The van der Waals surface area contributed by atoms with E-state index in [2.05, 4.69) is 11.6 Å². The Labute approximate surface area is 178 Å². The van der Waals surface area contributed by atoms with Gasteiger partial charge in [0.05, 0.1) is 22.2 Å². The minimum absolute atomic E-state index is 0.0329. The third-order valence-electron chi connectivity index (χ3n) is 4.89. The van der Waals surface area contributed by atoms with E-state index >= 15 is 0 Å². The number of ether oxygens (including phenoxy) is 1. The molecule has 1 atom stereocenters. The van der Waals surface area contributed by atoms with Gasteiger partial charge in [0.25, 0.3) is 0 Å². The van der Waals surface area contributed by atoms with Gasteiger partial charge in [-0.2, -0.15) is 0 Å². The van der Waals surface area contributed by atoms with Gasteiger partial charge in [-0.1, -0.05) is 49.1 Å². The summed E-state index contributed by atoms with van der Waals surface area (Å²) in [4.78, 5) is 4.60. The van der Waals surface area contributed by atoms with E-state index in [0.717, 1.165) is 22.0 Å². The fraction of sp³-hybridized carbons (Fsp3) is 0.292. The number of halogens is 1. The maximum atomic E-state index is 8.54. The number of allylic oxidation sites excluding steroid dienone is 4. The van der Waals surface area contributed by atoms with Crippen LogP contribution in [0, 0.1) is 30.1 Å². The summed E-state index contributed by atoms with van der Waals surface area (Å²) in [6.07, 6.45) is 7.21. The van der Waals surface area contributed by atoms with Gasteiger partial charge < -0.3 is 4.74 Å². The second-order valence-electron chi connectivity index (χ2n) is 7.49. The number of para-hydroxylation sites is 1. The molecule has 1 aromatic carbocycles. The first kappa shape index (κ1) is 22.6. The van der Waals surface area contributed by atoms with Crippen LogP contribution in [0.15, 0.2) is 60.7 Å². The van der Waals surface area contributed by atoms with Crippen molar-refractivity contribution in [2.45, 2.75) is 40.0 Å². The molecule has 5 heteroatoms. The Morgan fingerprint density at radius 2 is 1.90 bits per heavy atom. The highest BCUT2D eigenvalue weighted by molar-refractivity contribution is 6.21. The number of pyridine rings is 1. The van der Waals surface area contributed by atoms with E-state index in [1.165, 1.54) is 0 Å². The molecule has 0 saturated carbocycles. The molecule has 2 rings (SSSR count). The Morgan fingerprint density at radius 3 is 2.52 bits per heavy atom. The van der Waals surface area contributed by atoms with Crippen LogP contribution in [0.2, 0.25) is 0 Å². The maximum absolute atomic E-state index is 8.54. The molecule has 0 amide bonds. The zero-order valence-electron chi connectivity index (χ0n) is 17.6. The van der Waals surface area contributed by atoms with Gasteiger partial charge in [0.15, 0.2) is 5.90 Å². The Balaban J connectivity index is 2.37. The van der Waals surface area contributed by atoms with Gasteiger partial charge in [0.2, 0.25) is 5.90 Å². The third-order valence-corrected chi connectivity index (χ3v) is 5.04. The second-order valence-corrected chi connectivity index (χ2v) is 8.18. The second kappa shape index (κ2) is 9.19. The van der Waals surface area contributed by atoms with Crippen LogP contribution in [0.3, 0.4) is 0 Å². The number of rotatable bonds is 6. The first-order chi connectivity index (χ1) is 13.6. The topological polar surface area (TPSA) is 69.8 Å². The van der Waals surface area contributed by atoms with Crippen molar-refractivity contribution in [3.05, 3.63) is 77.5 Å². The fourth-order valence-electron chi connectivity index (χ4n) is 3.11. The molecule has 0 spiro atoms. The van der Waals surface area contributed by atoms with Crippen LogP contribution in [-0.4, -0.2) is 22.2 Å². The fourth-order valence-corrected chi connectivity index (χ4v) is 3.19. The van der Waals surface area contributed by atoms with Crippen molar-refractivity contribution in [3.63, 3.8) is 0 Å². The number of nitrogens with one attached hydrogen (secondary N) is 2. The van der Waals surface area contributed by atoms with Gasteiger partial charge in [-0.25, -0.2) is 0 Å². The van der Waals surface area contributed by atoms with Crippen LogP contribution in [0.5, 0.6) is 0 Å². The number of hydrogen-bond donors (Lipinski definition) is 2. The molecule has 0 aliphatic rings. The molecule has 2 aromatic rings. The lowest BCUT2D eigenvalue weighted by Gasteiger charge is -2.27. The molecule has 2 N–H and O–H groups in total. The standard InChI is InChI=1S/C24H28ClN3O/c1-7-10-18(14-13-15(2)25)24(5,6)23(27)29-22(26)21-16(3)19-11-8-9-12-20(19)28-17(21)4/h7-15,26-27H,1H2,2-6H3/b14-13-,18-10+,26-22?,27-23?. The van der Waals surface area contributed by atoms with E-state index in [-0.39, 0.29) is 17.2 Å². The zero-order chi connectivity index (χ0) is 21.8. The molecule has 4 nitrogen and oxygen atoms in total. The first-order valence-corrected chi connectivity index (χ1v) is 9.90. The summed E-state index contributed by atoms with van der Waals surface area (Å²) in [7, 11) is 0. The monoisotopic (exact) mass is 409 g/mol. The number of hydrogen-bond acceptors (Lipinski definition) is 4. The molecule has 0 fully saturated rings. The normalized spacial score (nSPS) is 13.5. The molecule has 0 bridgehead atoms. The van der Waals surface area contributed by atoms with Gasteiger partial charge in [-0.05, 0) is 51.8 Å². The summed E-state index contributed by atoms with van der Waals surface area (Å²) in [5, 5.41) is 17.9. The molecule has 0 aliphatic carbocycles. The minimum Gasteiger partial charge on any atom is -0.424 e. The molecule has 0 aliphatic heterocycles. The molecule has 1 aromatic heterocycles. The molecule has 0 radical (unpaired) electrons. The van der Waals surface area contributed by atoms with Crippen molar-refractivity contribution in [1.82, 2.24) is 4.98 Å². The molecule has 1 unspecified atom stereocenters. The summed E-state index contributed by atoms with van der Waals surface area (Å²) in [5.74, 6) is -0.113. The number of fused-ring (bicyclic) bond motifs is 1. The lowest BCUT2D eigenvalue weighted by atomic mass is 9.83. The van der Waals surface area contributed by atoms with E-state index in [4.69, 9.17) is 27.2 Å². The smallest absolute Gasteiger partial charge is 0.223 e. The van der Waals surface area contributed by atoms with Crippen LogP contribution >= 0.6 is 11.6 Å².